The lowest BCUT2D eigenvalue weighted by Crippen LogP contribution is -2.44. The summed E-state index contributed by atoms with van der Waals surface area (Å²) in [5, 5.41) is 6.96. The van der Waals surface area contributed by atoms with Gasteiger partial charge in [-0.3, -0.25) is 14.7 Å². The molecule has 2 saturated heterocycles. The molecule has 1 aromatic rings. The molecule has 2 aliphatic heterocycles. The first-order valence-corrected chi connectivity index (χ1v) is 11.1. The average Bonchev–Trinajstić information content (AvgIpc) is 3.21. The number of hydrogen-bond acceptors (Lipinski definition) is 3. The molecule has 1 amide bonds. The number of rotatable bonds is 6. The zero-order valence-corrected chi connectivity index (χ0v) is 18.3. The van der Waals surface area contributed by atoms with E-state index in [9.17, 15) is 4.79 Å². The summed E-state index contributed by atoms with van der Waals surface area (Å²) in [6.07, 6.45) is 4.15. The molecule has 2 fully saturated rings. The predicted octanol–water partition coefficient (Wildman–Crippen LogP) is 2.59. The van der Waals surface area contributed by atoms with Gasteiger partial charge < -0.3 is 15.5 Å². The van der Waals surface area contributed by atoms with Gasteiger partial charge in [-0.2, -0.15) is 0 Å². The van der Waals surface area contributed by atoms with Crippen LogP contribution in [0, 0.1) is 5.92 Å². The van der Waals surface area contributed by atoms with Crippen molar-refractivity contribution in [3.05, 3.63) is 35.4 Å². The first-order valence-electron chi connectivity index (χ1n) is 11.1. The van der Waals surface area contributed by atoms with Crippen LogP contribution in [0.15, 0.2) is 29.3 Å². The van der Waals surface area contributed by atoms with Crippen molar-refractivity contribution < 1.29 is 4.79 Å². The zero-order valence-electron chi connectivity index (χ0n) is 18.3. The van der Waals surface area contributed by atoms with Crippen molar-refractivity contribution in [3.63, 3.8) is 0 Å². The van der Waals surface area contributed by atoms with Gasteiger partial charge in [-0.05, 0) is 49.4 Å². The summed E-state index contributed by atoms with van der Waals surface area (Å²) < 4.78 is 0. The molecule has 6 nitrogen and oxygen atoms in total. The molecule has 160 valence electrons. The van der Waals surface area contributed by atoms with E-state index < -0.39 is 0 Å². The second-order valence-corrected chi connectivity index (χ2v) is 8.48. The highest BCUT2D eigenvalue weighted by Crippen LogP contribution is 2.19. The van der Waals surface area contributed by atoms with Gasteiger partial charge in [0.1, 0.15) is 0 Å². The number of likely N-dealkylation sites (tertiary alicyclic amines) is 2. The molecule has 3 rings (SSSR count). The van der Waals surface area contributed by atoms with E-state index in [1.807, 2.05) is 11.8 Å². The van der Waals surface area contributed by atoms with Crippen LogP contribution < -0.4 is 10.6 Å². The maximum atomic E-state index is 11.9. The third-order valence-corrected chi connectivity index (χ3v) is 6.24. The van der Waals surface area contributed by atoms with Crippen molar-refractivity contribution in [2.45, 2.75) is 58.7 Å². The average molecular weight is 400 g/mol. The number of nitrogens with zero attached hydrogens (tertiary/aromatic N) is 3. The van der Waals surface area contributed by atoms with E-state index in [4.69, 9.17) is 0 Å². The van der Waals surface area contributed by atoms with Gasteiger partial charge in [0.2, 0.25) is 5.91 Å². The third-order valence-electron chi connectivity index (χ3n) is 6.24. The van der Waals surface area contributed by atoms with Crippen LogP contribution in [0.2, 0.25) is 0 Å². The number of nitrogens with one attached hydrogen (secondary N) is 2. The van der Waals surface area contributed by atoms with Crippen LogP contribution >= 0.6 is 0 Å². The maximum absolute atomic E-state index is 11.9. The fourth-order valence-electron chi connectivity index (χ4n) is 4.24. The van der Waals surface area contributed by atoms with E-state index in [0.29, 0.717) is 6.42 Å². The van der Waals surface area contributed by atoms with Crippen molar-refractivity contribution in [2.24, 2.45) is 10.9 Å². The minimum atomic E-state index is 0.235. The molecule has 6 heteroatoms. The van der Waals surface area contributed by atoms with E-state index in [1.165, 1.54) is 37.1 Å². The molecule has 1 unspecified atom stereocenters. The Morgan fingerprint density at radius 1 is 1.14 bits per heavy atom. The molecule has 1 aromatic carbocycles. The van der Waals surface area contributed by atoms with Gasteiger partial charge in [0.05, 0.1) is 0 Å². The summed E-state index contributed by atoms with van der Waals surface area (Å²) in [5.74, 6) is 1.90. The Balaban J connectivity index is 1.51. The summed E-state index contributed by atoms with van der Waals surface area (Å²) in [4.78, 5) is 20.8. The molecule has 0 radical (unpaired) electrons. The van der Waals surface area contributed by atoms with E-state index in [1.54, 1.807) is 7.05 Å². The summed E-state index contributed by atoms with van der Waals surface area (Å²) in [6, 6.07) is 8.97. The Bertz CT molecular complexity index is 696. The second kappa shape index (κ2) is 10.6. The Morgan fingerprint density at radius 2 is 1.86 bits per heavy atom. The lowest BCUT2D eigenvalue weighted by atomic mass is 9.98. The van der Waals surface area contributed by atoms with Crippen LogP contribution in [0.1, 0.15) is 50.7 Å². The topological polar surface area (TPSA) is 60.0 Å². The Kier molecular flexibility index (Phi) is 7.92. The minimum absolute atomic E-state index is 0.235. The van der Waals surface area contributed by atoms with Gasteiger partial charge in [0.25, 0.3) is 0 Å². The van der Waals surface area contributed by atoms with Gasteiger partial charge in [-0.1, -0.05) is 38.1 Å². The minimum Gasteiger partial charge on any atom is -0.352 e. The van der Waals surface area contributed by atoms with Gasteiger partial charge in [0, 0.05) is 45.7 Å². The molecule has 0 bridgehead atoms. The van der Waals surface area contributed by atoms with Gasteiger partial charge >= 0.3 is 0 Å². The smallest absolute Gasteiger partial charge is 0.222 e. The number of hydrogen-bond donors (Lipinski definition) is 2. The Hall–Kier alpha value is -2.08. The van der Waals surface area contributed by atoms with E-state index in [-0.39, 0.29) is 11.9 Å². The van der Waals surface area contributed by atoms with Crippen LogP contribution in [0.3, 0.4) is 0 Å². The Morgan fingerprint density at radius 3 is 2.55 bits per heavy atom. The molecule has 1 atom stereocenters. The summed E-state index contributed by atoms with van der Waals surface area (Å²) >= 11 is 0. The summed E-state index contributed by atoms with van der Waals surface area (Å²) in [6.45, 7) is 10.0. The van der Waals surface area contributed by atoms with Gasteiger partial charge in [0.15, 0.2) is 5.96 Å². The van der Waals surface area contributed by atoms with Crippen molar-refractivity contribution in [1.82, 2.24) is 20.4 Å². The summed E-state index contributed by atoms with van der Waals surface area (Å²) in [5.41, 5.74) is 2.72. The first kappa shape index (κ1) is 21.6. The molecular formula is C23H37N5O. The normalized spacial score (nSPS) is 21.4. The number of piperidine rings is 1. The number of carbonyl (C=O) groups excluding carboxylic acids is 1. The highest BCUT2D eigenvalue weighted by atomic mass is 16.2. The van der Waals surface area contributed by atoms with Crippen LogP contribution in [-0.4, -0.2) is 60.9 Å². The molecule has 29 heavy (non-hydrogen) atoms. The quantitative estimate of drug-likeness (QED) is 0.570. The number of guanidine groups is 1. The lowest BCUT2D eigenvalue weighted by molar-refractivity contribution is -0.129. The predicted molar refractivity (Wildman–Crippen MR) is 119 cm³/mol. The van der Waals surface area contributed by atoms with E-state index >= 15 is 0 Å². The molecule has 0 saturated carbocycles. The molecular weight excluding hydrogens is 362 g/mol. The van der Waals surface area contributed by atoms with Gasteiger partial charge in [-0.15, -0.1) is 0 Å². The molecule has 0 aliphatic carbocycles. The zero-order chi connectivity index (χ0) is 20.6. The molecule has 2 N–H and O–H groups in total. The SMILES string of the molecule is CCC(=O)N1CCC(NC(=NC)NCc2ccccc2CN2CCC(C)CC2)C1. The van der Waals surface area contributed by atoms with Crippen molar-refractivity contribution in [3.8, 4) is 0 Å². The first-order chi connectivity index (χ1) is 14.1. The molecule has 2 heterocycles. The standard InChI is InChI=1S/C23H37N5O/c1-4-22(29)28-14-11-21(17-28)26-23(24-3)25-15-19-7-5-6-8-20(19)16-27-12-9-18(2)10-13-27/h5-8,18,21H,4,9-17H2,1-3H3,(H2,24,25,26). The fraction of sp³-hybridized carbons (Fsp3) is 0.652. The van der Waals surface area contributed by atoms with Crippen LogP contribution in [0.4, 0.5) is 0 Å². The van der Waals surface area contributed by atoms with Crippen LogP contribution in [-0.2, 0) is 17.9 Å². The third kappa shape index (κ3) is 6.20. The summed E-state index contributed by atoms with van der Waals surface area (Å²) in [7, 11) is 1.81. The molecule has 0 spiro atoms. The van der Waals surface area contributed by atoms with Crippen LogP contribution in [0.5, 0.6) is 0 Å². The Labute approximate surface area is 175 Å². The number of carbonyl (C=O) groups is 1. The van der Waals surface area contributed by atoms with Gasteiger partial charge in [-0.25, -0.2) is 0 Å². The highest BCUT2D eigenvalue weighted by molar-refractivity contribution is 5.80. The maximum Gasteiger partial charge on any atom is 0.222 e. The van der Waals surface area contributed by atoms with E-state index in [0.717, 1.165) is 44.5 Å². The highest BCUT2D eigenvalue weighted by Gasteiger charge is 2.25. The lowest BCUT2D eigenvalue weighted by Gasteiger charge is -2.30. The largest absolute Gasteiger partial charge is 0.352 e. The number of aliphatic imine (C=N–C) groups is 1. The van der Waals surface area contributed by atoms with Crippen molar-refractivity contribution in [2.75, 3.05) is 33.2 Å². The number of amides is 1. The van der Waals surface area contributed by atoms with E-state index in [2.05, 4.69) is 51.7 Å². The van der Waals surface area contributed by atoms with Crippen molar-refractivity contribution in [1.29, 1.82) is 0 Å². The fourth-order valence-corrected chi connectivity index (χ4v) is 4.24. The molecule has 0 aromatic heterocycles. The monoisotopic (exact) mass is 399 g/mol. The second-order valence-electron chi connectivity index (χ2n) is 8.48. The molecule has 2 aliphatic rings. The number of benzene rings is 1. The van der Waals surface area contributed by atoms with Crippen LogP contribution in [0.25, 0.3) is 0 Å². The van der Waals surface area contributed by atoms with Crippen molar-refractivity contribution >= 4 is 11.9 Å².